The maximum absolute atomic E-state index is 14.8. The maximum Gasteiger partial charge on any atom is 0.410 e. The van der Waals surface area contributed by atoms with Crippen LogP contribution in [0.2, 0.25) is 0 Å². The summed E-state index contributed by atoms with van der Waals surface area (Å²) < 4.78 is 76.3. The summed E-state index contributed by atoms with van der Waals surface area (Å²) in [5.74, 6) is -0.637. The summed E-state index contributed by atoms with van der Waals surface area (Å²) in [4.78, 5) is 13.5. The fraction of sp³-hybridized carbons (Fsp3) is 0.320. The van der Waals surface area contributed by atoms with Gasteiger partial charge in [0, 0.05) is 32.9 Å². The van der Waals surface area contributed by atoms with Gasteiger partial charge in [-0.1, -0.05) is 18.2 Å². The highest BCUT2D eigenvalue weighted by atomic mass is 32.2. The molecule has 0 radical (unpaired) electrons. The standard InChI is InChI=1S/C25H31FN4O6S2/c1-25(2,3)36-24(31)29(6)16-18-14-23(21-12-7-8-13-22(21)26)30(17-18)37(32,33)20-11-9-10-19(15-20)27-38(34,35)28(4)5/h7-15,17,27H,16H2,1-6H3. The minimum Gasteiger partial charge on any atom is -0.444 e. The van der Waals surface area contributed by atoms with Crippen LogP contribution >= 0.6 is 0 Å². The normalized spacial score (nSPS) is 12.4. The predicted molar refractivity (Wildman–Crippen MR) is 143 cm³/mol. The molecule has 10 nitrogen and oxygen atoms in total. The largest absolute Gasteiger partial charge is 0.444 e. The van der Waals surface area contributed by atoms with Crippen molar-refractivity contribution < 1.29 is 30.8 Å². The minimum absolute atomic E-state index is 0.0123. The molecule has 3 aromatic rings. The highest BCUT2D eigenvalue weighted by molar-refractivity contribution is 7.90. The van der Waals surface area contributed by atoms with Gasteiger partial charge in [-0.15, -0.1) is 0 Å². The Balaban J connectivity index is 2.08. The van der Waals surface area contributed by atoms with Gasteiger partial charge in [0.05, 0.1) is 22.8 Å². The first kappa shape index (κ1) is 29.1. The zero-order valence-electron chi connectivity index (χ0n) is 22.0. The van der Waals surface area contributed by atoms with Crippen LogP contribution in [0.5, 0.6) is 0 Å². The molecule has 206 valence electrons. The van der Waals surface area contributed by atoms with Gasteiger partial charge in [-0.25, -0.2) is 21.6 Å². The van der Waals surface area contributed by atoms with Crippen LogP contribution in [0.15, 0.2) is 65.7 Å². The van der Waals surface area contributed by atoms with Crippen molar-refractivity contribution in [2.45, 2.75) is 37.8 Å². The number of nitrogens with one attached hydrogen (secondary N) is 1. The van der Waals surface area contributed by atoms with E-state index >= 15 is 0 Å². The lowest BCUT2D eigenvalue weighted by atomic mass is 10.1. The fourth-order valence-corrected chi connectivity index (χ4v) is 5.44. The Bertz CT molecular complexity index is 1540. The van der Waals surface area contributed by atoms with Gasteiger partial charge in [-0.05, 0) is 62.7 Å². The molecular weight excluding hydrogens is 535 g/mol. The number of ether oxygens (including phenoxy) is 1. The molecule has 1 amide bonds. The SMILES string of the molecule is CN(Cc1cc(-c2ccccc2F)n(S(=O)(=O)c2cccc(NS(=O)(=O)N(C)C)c2)c1)C(=O)OC(C)(C)C. The third-order valence-corrected chi connectivity index (χ3v) is 8.36. The smallest absolute Gasteiger partial charge is 0.410 e. The lowest BCUT2D eigenvalue weighted by Crippen LogP contribution is -2.33. The molecule has 2 aromatic carbocycles. The Kier molecular flexibility index (Phi) is 8.24. The number of anilines is 1. The van der Waals surface area contributed by atoms with Crippen LogP contribution in [0.3, 0.4) is 0 Å². The number of halogens is 1. The van der Waals surface area contributed by atoms with Crippen molar-refractivity contribution in [2.75, 3.05) is 25.9 Å². The third-order valence-electron chi connectivity index (χ3n) is 5.24. The Morgan fingerprint density at radius 2 is 1.66 bits per heavy atom. The first-order chi connectivity index (χ1) is 17.5. The summed E-state index contributed by atoms with van der Waals surface area (Å²) in [7, 11) is -4.04. The van der Waals surface area contributed by atoms with Crippen LogP contribution in [0.4, 0.5) is 14.9 Å². The Labute approximate surface area is 222 Å². The third kappa shape index (κ3) is 6.71. The van der Waals surface area contributed by atoms with E-state index in [1.54, 1.807) is 26.8 Å². The van der Waals surface area contributed by atoms with Crippen molar-refractivity contribution in [2.24, 2.45) is 0 Å². The molecule has 0 atom stereocenters. The van der Waals surface area contributed by atoms with Crippen molar-refractivity contribution in [3.8, 4) is 11.3 Å². The van der Waals surface area contributed by atoms with E-state index in [9.17, 15) is 26.0 Å². The number of rotatable bonds is 8. The topological polar surface area (TPSA) is 118 Å². The van der Waals surface area contributed by atoms with Gasteiger partial charge in [-0.2, -0.15) is 12.7 Å². The van der Waals surface area contributed by atoms with E-state index in [0.29, 0.717) is 5.56 Å². The van der Waals surface area contributed by atoms with Crippen molar-refractivity contribution in [3.05, 3.63) is 72.2 Å². The van der Waals surface area contributed by atoms with Gasteiger partial charge < -0.3 is 9.64 Å². The second-order valence-electron chi connectivity index (χ2n) is 9.77. The summed E-state index contributed by atoms with van der Waals surface area (Å²) in [6, 6.07) is 12.5. The van der Waals surface area contributed by atoms with Crippen LogP contribution in [0.1, 0.15) is 26.3 Å². The number of hydrogen-bond donors (Lipinski definition) is 1. The van der Waals surface area contributed by atoms with Crippen molar-refractivity contribution in [1.29, 1.82) is 0 Å². The lowest BCUT2D eigenvalue weighted by molar-refractivity contribution is 0.0285. The monoisotopic (exact) mass is 566 g/mol. The van der Waals surface area contributed by atoms with Crippen LogP contribution < -0.4 is 4.72 Å². The number of hydrogen-bond acceptors (Lipinski definition) is 6. The zero-order chi connectivity index (χ0) is 28.5. The molecule has 1 heterocycles. The second-order valence-corrected chi connectivity index (χ2v) is 13.5. The molecule has 0 spiro atoms. The van der Waals surface area contributed by atoms with Crippen molar-refractivity contribution in [3.63, 3.8) is 0 Å². The first-order valence-corrected chi connectivity index (χ1v) is 14.4. The molecule has 1 aromatic heterocycles. The fourth-order valence-electron chi connectivity index (χ4n) is 3.40. The molecule has 0 saturated heterocycles. The molecule has 0 fully saturated rings. The summed E-state index contributed by atoms with van der Waals surface area (Å²) in [6.07, 6.45) is 0.690. The molecule has 0 unspecified atom stereocenters. The van der Waals surface area contributed by atoms with Crippen LogP contribution in [0, 0.1) is 5.82 Å². The number of carbonyl (C=O) groups excluding carboxylic acids is 1. The summed E-state index contributed by atoms with van der Waals surface area (Å²) >= 11 is 0. The van der Waals surface area contributed by atoms with E-state index < -0.39 is 37.7 Å². The van der Waals surface area contributed by atoms with Gasteiger partial charge in [0.25, 0.3) is 10.0 Å². The number of benzene rings is 2. The minimum atomic E-state index is -4.33. The van der Waals surface area contributed by atoms with Gasteiger partial charge in [-0.3, -0.25) is 4.72 Å². The molecule has 0 saturated carbocycles. The number of nitrogens with zero attached hydrogens (tertiary/aromatic N) is 3. The highest BCUT2D eigenvalue weighted by Gasteiger charge is 2.26. The molecule has 38 heavy (non-hydrogen) atoms. The molecule has 0 bridgehead atoms. The first-order valence-electron chi connectivity index (χ1n) is 11.5. The second kappa shape index (κ2) is 10.8. The van der Waals surface area contributed by atoms with E-state index in [1.807, 2.05) is 0 Å². The Morgan fingerprint density at radius 3 is 2.26 bits per heavy atom. The lowest BCUT2D eigenvalue weighted by Gasteiger charge is -2.24. The van der Waals surface area contributed by atoms with Gasteiger partial charge in [0.1, 0.15) is 11.4 Å². The molecule has 1 N–H and O–H groups in total. The van der Waals surface area contributed by atoms with E-state index in [4.69, 9.17) is 4.74 Å². The van der Waals surface area contributed by atoms with Crippen LogP contribution in [-0.2, 0) is 31.5 Å². The van der Waals surface area contributed by atoms with E-state index in [0.717, 1.165) is 8.28 Å². The Morgan fingerprint density at radius 1 is 1.00 bits per heavy atom. The maximum atomic E-state index is 14.8. The van der Waals surface area contributed by atoms with Gasteiger partial charge in [0.15, 0.2) is 0 Å². The van der Waals surface area contributed by atoms with Crippen molar-refractivity contribution in [1.82, 2.24) is 13.2 Å². The molecule has 0 aliphatic rings. The van der Waals surface area contributed by atoms with E-state index in [-0.39, 0.29) is 28.4 Å². The predicted octanol–water partition coefficient (Wildman–Crippen LogP) is 4.12. The molecular formula is C25H31FN4O6S2. The average molecular weight is 567 g/mol. The highest BCUT2D eigenvalue weighted by Crippen LogP contribution is 2.30. The van der Waals surface area contributed by atoms with Crippen LogP contribution in [0.25, 0.3) is 11.3 Å². The average Bonchev–Trinajstić information content (AvgIpc) is 3.22. The summed E-state index contributed by atoms with van der Waals surface area (Å²) in [5.41, 5.74) is -0.214. The van der Waals surface area contributed by atoms with Crippen LogP contribution in [-0.4, -0.2) is 62.9 Å². The summed E-state index contributed by atoms with van der Waals surface area (Å²) in [5, 5.41) is 0. The van der Waals surface area contributed by atoms with E-state index in [1.165, 1.54) is 80.8 Å². The summed E-state index contributed by atoms with van der Waals surface area (Å²) in [6.45, 7) is 5.17. The van der Waals surface area contributed by atoms with Gasteiger partial charge in [0.2, 0.25) is 0 Å². The van der Waals surface area contributed by atoms with Crippen molar-refractivity contribution >= 4 is 32.0 Å². The zero-order valence-corrected chi connectivity index (χ0v) is 23.6. The number of carbonyl (C=O) groups is 1. The molecule has 0 aliphatic carbocycles. The number of amides is 1. The quantitative estimate of drug-likeness (QED) is 0.438. The molecule has 13 heteroatoms. The van der Waals surface area contributed by atoms with E-state index in [2.05, 4.69) is 4.72 Å². The van der Waals surface area contributed by atoms with Gasteiger partial charge >= 0.3 is 16.3 Å². The molecule has 3 rings (SSSR count). The molecule has 0 aliphatic heterocycles. The Hall–Kier alpha value is -3.42. The number of aromatic nitrogens is 1.